The molecule has 0 fully saturated rings. The highest BCUT2D eigenvalue weighted by Gasteiger charge is 2.28. The van der Waals surface area contributed by atoms with Crippen molar-refractivity contribution in [3.05, 3.63) is 23.3 Å². The molecule has 94 valence electrons. The Morgan fingerprint density at radius 2 is 2.00 bits per heavy atom. The quantitative estimate of drug-likeness (QED) is 0.845. The van der Waals surface area contributed by atoms with Crippen molar-refractivity contribution >= 4 is 5.97 Å². The van der Waals surface area contributed by atoms with E-state index in [1.54, 1.807) is 33.1 Å². The minimum absolute atomic E-state index is 0.109. The molecular formula is C13H18O4. The summed E-state index contributed by atoms with van der Waals surface area (Å²) in [7, 11) is 1.55. The van der Waals surface area contributed by atoms with Gasteiger partial charge >= 0.3 is 5.97 Å². The predicted molar refractivity (Wildman–Crippen MR) is 64.5 cm³/mol. The van der Waals surface area contributed by atoms with E-state index in [0.717, 1.165) is 5.56 Å². The molecule has 0 saturated carbocycles. The number of aromatic hydroxyl groups is 1. The average Bonchev–Trinajstić information content (AvgIpc) is 2.21. The van der Waals surface area contributed by atoms with Gasteiger partial charge in [-0.05, 0) is 50.5 Å². The zero-order valence-electron chi connectivity index (χ0n) is 10.6. The summed E-state index contributed by atoms with van der Waals surface area (Å²) in [6.07, 6.45) is 0.255. The molecule has 1 aromatic rings. The van der Waals surface area contributed by atoms with Crippen LogP contribution in [0, 0.1) is 12.3 Å². The van der Waals surface area contributed by atoms with Crippen LogP contribution in [0.5, 0.6) is 11.5 Å². The number of rotatable bonds is 4. The first-order chi connectivity index (χ1) is 7.77. The van der Waals surface area contributed by atoms with E-state index in [-0.39, 0.29) is 12.2 Å². The van der Waals surface area contributed by atoms with E-state index in [1.807, 2.05) is 6.92 Å². The van der Waals surface area contributed by atoms with Gasteiger partial charge in [0.05, 0.1) is 12.5 Å². The Hall–Kier alpha value is -1.71. The van der Waals surface area contributed by atoms with Crippen LogP contribution in [0.1, 0.15) is 25.0 Å². The monoisotopic (exact) mass is 238 g/mol. The lowest BCUT2D eigenvalue weighted by Crippen LogP contribution is -2.26. The van der Waals surface area contributed by atoms with Gasteiger partial charge in [0.25, 0.3) is 0 Å². The van der Waals surface area contributed by atoms with Gasteiger partial charge in [-0.15, -0.1) is 0 Å². The van der Waals surface area contributed by atoms with Gasteiger partial charge in [-0.25, -0.2) is 0 Å². The van der Waals surface area contributed by atoms with Gasteiger partial charge in [0.2, 0.25) is 0 Å². The van der Waals surface area contributed by atoms with Gasteiger partial charge in [-0.1, -0.05) is 0 Å². The summed E-state index contributed by atoms with van der Waals surface area (Å²) < 4.78 is 5.16. The van der Waals surface area contributed by atoms with E-state index in [2.05, 4.69) is 0 Å². The second-order valence-electron chi connectivity index (χ2n) is 4.82. The smallest absolute Gasteiger partial charge is 0.309 e. The summed E-state index contributed by atoms with van der Waals surface area (Å²) in [5, 5.41) is 18.9. The Labute approximate surface area is 101 Å². The van der Waals surface area contributed by atoms with Crippen LogP contribution in [0.2, 0.25) is 0 Å². The molecule has 0 aliphatic heterocycles. The average molecular weight is 238 g/mol. The zero-order valence-corrected chi connectivity index (χ0v) is 10.6. The molecule has 1 aromatic carbocycles. The van der Waals surface area contributed by atoms with Gasteiger partial charge in [-0.2, -0.15) is 0 Å². The standard InChI is InChI=1S/C13H18O4/c1-8-5-10(14)9(6-11(8)17-4)7-13(2,3)12(15)16/h5-6,14H,7H2,1-4H3,(H,15,16). The van der Waals surface area contributed by atoms with Crippen LogP contribution in [0.25, 0.3) is 0 Å². The highest BCUT2D eigenvalue weighted by atomic mass is 16.5. The molecule has 0 unspecified atom stereocenters. The van der Waals surface area contributed by atoms with Crippen molar-refractivity contribution in [3.8, 4) is 11.5 Å². The van der Waals surface area contributed by atoms with Gasteiger partial charge in [-0.3, -0.25) is 4.79 Å². The Bertz CT molecular complexity index is 435. The molecule has 4 heteroatoms. The molecule has 2 N–H and O–H groups in total. The lowest BCUT2D eigenvalue weighted by molar-refractivity contribution is -0.146. The maximum atomic E-state index is 11.0. The predicted octanol–water partition coefficient (Wildman–Crippen LogP) is 2.36. The number of methoxy groups -OCH3 is 1. The van der Waals surface area contributed by atoms with E-state index >= 15 is 0 Å². The molecular weight excluding hydrogens is 220 g/mol. The number of ether oxygens (including phenoxy) is 1. The van der Waals surface area contributed by atoms with Crippen LogP contribution in [0.4, 0.5) is 0 Å². The number of carbonyl (C=O) groups is 1. The lowest BCUT2D eigenvalue weighted by atomic mass is 9.85. The number of phenolic OH excluding ortho intramolecular Hbond substituents is 1. The molecule has 0 saturated heterocycles. The fourth-order valence-corrected chi connectivity index (χ4v) is 1.63. The summed E-state index contributed by atoms with van der Waals surface area (Å²) >= 11 is 0. The Morgan fingerprint density at radius 3 is 2.47 bits per heavy atom. The molecule has 4 nitrogen and oxygen atoms in total. The molecule has 0 amide bonds. The van der Waals surface area contributed by atoms with Crippen LogP contribution in [-0.4, -0.2) is 23.3 Å². The molecule has 17 heavy (non-hydrogen) atoms. The fourth-order valence-electron chi connectivity index (χ4n) is 1.63. The maximum Gasteiger partial charge on any atom is 0.309 e. The molecule has 0 heterocycles. The number of phenols is 1. The molecule has 0 radical (unpaired) electrons. The molecule has 0 atom stereocenters. The number of aryl methyl sites for hydroxylation is 1. The van der Waals surface area contributed by atoms with Crippen LogP contribution in [0.3, 0.4) is 0 Å². The van der Waals surface area contributed by atoms with Gasteiger partial charge in [0.1, 0.15) is 11.5 Å². The van der Waals surface area contributed by atoms with Gasteiger partial charge in [0.15, 0.2) is 0 Å². The summed E-state index contributed by atoms with van der Waals surface area (Å²) in [5.41, 5.74) is 0.485. The Morgan fingerprint density at radius 1 is 1.41 bits per heavy atom. The van der Waals surface area contributed by atoms with Crippen molar-refractivity contribution in [2.75, 3.05) is 7.11 Å². The van der Waals surface area contributed by atoms with Crippen molar-refractivity contribution in [3.63, 3.8) is 0 Å². The summed E-state index contributed by atoms with van der Waals surface area (Å²) in [6.45, 7) is 5.08. The zero-order chi connectivity index (χ0) is 13.2. The van der Waals surface area contributed by atoms with E-state index in [1.165, 1.54) is 0 Å². The minimum Gasteiger partial charge on any atom is -0.508 e. The second-order valence-corrected chi connectivity index (χ2v) is 4.82. The first-order valence-electron chi connectivity index (χ1n) is 5.38. The Balaban J connectivity index is 3.11. The largest absolute Gasteiger partial charge is 0.508 e. The molecule has 0 aliphatic rings. The molecule has 0 aromatic heterocycles. The van der Waals surface area contributed by atoms with Crippen LogP contribution in [0.15, 0.2) is 12.1 Å². The number of benzene rings is 1. The lowest BCUT2D eigenvalue weighted by Gasteiger charge is -2.20. The van der Waals surface area contributed by atoms with Crippen molar-refractivity contribution in [1.29, 1.82) is 0 Å². The summed E-state index contributed by atoms with van der Waals surface area (Å²) in [4.78, 5) is 11.0. The highest BCUT2D eigenvalue weighted by molar-refractivity contribution is 5.74. The highest BCUT2D eigenvalue weighted by Crippen LogP contribution is 2.32. The molecule has 0 spiro atoms. The fraction of sp³-hybridized carbons (Fsp3) is 0.462. The van der Waals surface area contributed by atoms with Crippen LogP contribution in [-0.2, 0) is 11.2 Å². The van der Waals surface area contributed by atoms with Crippen LogP contribution >= 0.6 is 0 Å². The third-order valence-electron chi connectivity index (χ3n) is 2.81. The van der Waals surface area contributed by atoms with Gasteiger partial charge in [0, 0.05) is 0 Å². The SMILES string of the molecule is COc1cc(CC(C)(C)C(=O)O)c(O)cc1C. The molecule has 1 rings (SSSR count). The van der Waals surface area contributed by atoms with E-state index in [4.69, 9.17) is 9.84 Å². The van der Waals surface area contributed by atoms with E-state index in [9.17, 15) is 9.90 Å². The number of hydrogen-bond acceptors (Lipinski definition) is 3. The summed E-state index contributed by atoms with van der Waals surface area (Å²) in [5.74, 6) is -0.131. The van der Waals surface area contributed by atoms with Crippen molar-refractivity contribution in [2.45, 2.75) is 27.2 Å². The second kappa shape index (κ2) is 4.65. The normalized spacial score (nSPS) is 11.3. The first kappa shape index (κ1) is 13.4. The minimum atomic E-state index is -0.919. The number of hydrogen-bond donors (Lipinski definition) is 2. The van der Waals surface area contributed by atoms with Gasteiger partial charge < -0.3 is 14.9 Å². The van der Waals surface area contributed by atoms with Crippen molar-refractivity contribution in [2.24, 2.45) is 5.41 Å². The summed E-state index contributed by atoms with van der Waals surface area (Å²) in [6, 6.07) is 3.28. The maximum absolute atomic E-state index is 11.0. The third-order valence-corrected chi connectivity index (χ3v) is 2.81. The van der Waals surface area contributed by atoms with Crippen LogP contribution < -0.4 is 4.74 Å². The number of carboxylic acids is 1. The first-order valence-corrected chi connectivity index (χ1v) is 5.38. The number of aliphatic carboxylic acids is 1. The molecule has 0 bridgehead atoms. The topological polar surface area (TPSA) is 66.8 Å². The van der Waals surface area contributed by atoms with Crippen molar-refractivity contribution < 1.29 is 19.7 Å². The third kappa shape index (κ3) is 2.90. The van der Waals surface area contributed by atoms with E-state index in [0.29, 0.717) is 11.3 Å². The Kier molecular flexibility index (Phi) is 3.66. The van der Waals surface area contributed by atoms with E-state index < -0.39 is 11.4 Å². The van der Waals surface area contributed by atoms with Crippen molar-refractivity contribution in [1.82, 2.24) is 0 Å². The molecule has 0 aliphatic carbocycles. The number of carboxylic acid groups (broad SMARTS) is 1.